The Morgan fingerprint density at radius 2 is 2.11 bits per heavy atom. The van der Waals surface area contributed by atoms with Crippen LogP contribution in [0.1, 0.15) is 52.0 Å². The highest BCUT2D eigenvalue weighted by atomic mass is 16.5. The SMILES string of the molecule is CC(C)(C)c1cccc(OCCC2CCCC2=O)c1. The van der Waals surface area contributed by atoms with Gasteiger partial charge in [-0.05, 0) is 42.4 Å². The number of Topliss-reactive ketones (excluding diaryl/α,β-unsaturated/α-hetero) is 1. The van der Waals surface area contributed by atoms with E-state index in [4.69, 9.17) is 4.74 Å². The minimum atomic E-state index is 0.140. The van der Waals surface area contributed by atoms with Crippen molar-refractivity contribution in [1.29, 1.82) is 0 Å². The Morgan fingerprint density at radius 1 is 1.32 bits per heavy atom. The van der Waals surface area contributed by atoms with Gasteiger partial charge in [0.15, 0.2) is 0 Å². The maximum atomic E-state index is 11.5. The van der Waals surface area contributed by atoms with Crippen LogP contribution in [0.5, 0.6) is 5.75 Å². The number of carbonyl (C=O) groups excluding carboxylic acids is 1. The molecule has 1 aromatic carbocycles. The van der Waals surface area contributed by atoms with Crippen molar-refractivity contribution in [2.24, 2.45) is 5.92 Å². The predicted octanol–water partition coefficient (Wildman–Crippen LogP) is 4.12. The second kappa shape index (κ2) is 5.77. The molecule has 0 saturated heterocycles. The van der Waals surface area contributed by atoms with Gasteiger partial charge >= 0.3 is 0 Å². The van der Waals surface area contributed by atoms with Gasteiger partial charge in [-0.3, -0.25) is 4.79 Å². The van der Waals surface area contributed by atoms with Gasteiger partial charge in [0, 0.05) is 12.3 Å². The fraction of sp³-hybridized carbons (Fsp3) is 0.588. The van der Waals surface area contributed by atoms with Crippen molar-refractivity contribution in [3.8, 4) is 5.75 Å². The molecule has 0 aliphatic heterocycles. The van der Waals surface area contributed by atoms with Crippen LogP contribution in [0, 0.1) is 5.92 Å². The molecular weight excluding hydrogens is 236 g/mol. The first-order chi connectivity index (χ1) is 8.97. The van der Waals surface area contributed by atoms with Gasteiger partial charge in [0.05, 0.1) is 6.61 Å². The highest BCUT2D eigenvalue weighted by Gasteiger charge is 2.23. The molecule has 1 atom stereocenters. The summed E-state index contributed by atoms with van der Waals surface area (Å²) in [5.41, 5.74) is 1.42. The van der Waals surface area contributed by atoms with Gasteiger partial charge in [-0.25, -0.2) is 0 Å². The van der Waals surface area contributed by atoms with Crippen molar-refractivity contribution < 1.29 is 9.53 Å². The number of ketones is 1. The minimum absolute atomic E-state index is 0.140. The zero-order valence-corrected chi connectivity index (χ0v) is 12.2. The van der Waals surface area contributed by atoms with Crippen LogP contribution in [0.25, 0.3) is 0 Å². The fourth-order valence-corrected chi connectivity index (χ4v) is 2.56. The zero-order valence-electron chi connectivity index (χ0n) is 12.2. The van der Waals surface area contributed by atoms with Crippen LogP contribution < -0.4 is 4.74 Å². The lowest BCUT2D eigenvalue weighted by atomic mass is 9.87. The first-order valence-electron chi connectivity index (χ1n) is 7.23. The molecular formula is C17H24O2. The minimum Gasteiger partial charge on any atom is -0.494 e. The van der Waals surface area contributed by atoms with E-state index in [0.29, 0.717) is 12.4 Å². The number of carbonyl (C=O) groups is 1. The highest BCUT2D eigenvalue weighted by Crippen LogP contribution is 2.27. The molecule has 0 amide bonds. The maximum Gasteiger partial charge on any atom is 0.136 e. The van der Waals surface area contributed by atoms with Crippen molar-refractivity contribution in [3.63, 3.8) is 0 Å². The summed E-state index contributed by atoms with van der Waals surface area (Å²) >= 11 is 0. The molecule has 2 rings (SSSR count). The number of hydrogen-bond acceptors (Lipinski definition) is 2. The molecule has 1 aromatic rings. The molecule has 0 heterocycles. The lowest BCUT2D eigenvalue weighted by Gasteiger charge is -2.20. The smallest absolute Gasteiger partial charge is 0.136 e. The molecule has 0 bridgehead atoms. The van der Waals surface area contributed by atoms with Crippen LogP contribution in [-0.4, -0.2) is 12.4 Å². The summed E-state index contributed by atoms with van der Waals surface area (Å²) < 4.78 is 5.80. The lowest BCUT2D eigenvalue weighted by Crippen LogP contribution is -2.12. The summed E-state index contributed by atoms with van der Waals surface area (Å²) in [5.74, 6) is 1.58. The van der Waals surface area contributed by atoms with Crippen LogP contribution in [0.4, 0.5) is 0 Å². The van der Waals surface area contributed by atoms with Gasteiger partial charge in [-0.2, -0.15) is 0 Å². The Kier molecular flexibility index (Phi) is 4.28. The van der Waals surface area contributed by atoms with Gasteiger partial charge in [-0.1, -0.05) is 32.9 Å². The van der Waals surface area contributed by atoms with Gasteiger partial charge in [-0.15, -0.1) is 0 Å². The average Bonchev–Trinajstić information content (AvgIpc) is 2.75. The summed E-state index contributed by atoms with van der Waals surface area (Å²) in [5, 5.41) is 0. The summed E-state index contributed by atoms with van der Waals surface area (Å²) in [6.45, 7) is 7.24. The molecule has 0 aromatic heterocycles. The molecule has 0 spiro atoms. The van der Waals surface area contributed by atoms with Gasteiger partial charge in [0.2, 0.25) is 0 Å². The van der Waals surface area contributed by atoms with E-state index in [-0.39, 0.29) is 11.3 Å². The summed E-state index contributed by atoms with van der Waals surface area (Å²) in [6.07, 6.45) is 3.73. The molecule has 104 valence electrons. The van der Waals surface area contributed by atoms with E-state index < -0.39 is 0 Å². The first-order valence-corrected chi connectivity index (χ1v) is 7.23. The monoisotopic (exact) mass is 260 g/mol. The van der Waals surface area contributed by atoms with Gasteiger partial charge in [0.1, 0.15) is 11.5 Å². The fourth-order valence-electron chi connectivity index (χ4n) is 2.56. The van der Waals surface area contributed by atoms with Crippen LogP contribution in [0.2, 0.25) is 0 Å². The van der Waals surface area contributed by atoms with Crippen LogP contribution in [-0.2, 0) is 10.2 Å². The van der Waals surface area contributed by atoms with E-state index in [1.165, 1.54) is 5.56 Å². The predicted molar refractivity (Wildman–Crippen MR) is 77.6 cm³/mol. The second-order valence-electron chi connectivity index (χ2n) is 6.47. The maximum absolute atomic E-state index is 11.5. The summed E-state index contributed by atoms with van der Waals surface area (Å²) in [4.78, 5) is 11.5. The molecule has 1 unspecified atom stereocenters. The van der Waals surface area contributed by atoms with E-state index in [9.17, 15) is 4.79 Å². The molecule has 1 aliphatic carbocycles. The Balaban J connectivity index is 1.87. The van der Waals surface area contributed by atoms with Crippen molar-refractivity contribution in [2.75, 3.05) is 6.61 Å². The molecule has 19 heavy (non-hydrogen) atoms. The Bertz CT molecular complexity index is 443. The van der Waals surface area contributed by atoms with Gasteiger partial charge < -0.3 is 4.74 Å². The van der Waals surface area contributed by atoms with E-state index in [2.05, 4.69) is 32.9 Å². The standard InChI is InChI=1S/C17H24O2/c1-17(2,3)14-7-5-8-15(12-14)19-11-10-13-6-4-9-16(13)18/h5,7-8,12-13H,4,6,9-11H2,1-3H3. The molecule has 1 saturated carbocycles. The molecule has 0 N–H and O–H groups in total. The molecule has 1 fully saturated rings. The third-order valence-electron chi connectivity index (χ3n) is 3.87. The third-order valence-corrected chi connectivity index (χ3v) is 3.87. The largest absolute Gasteiger partial charge is 0.494 e. The van der Waals surface area contributed by atoms with Crippen molar-refractivity contribution in [3.05, 3.63) is 29.8 Å². The van der Waals surface area contributed by atoms with E-state index >= 15 is 0 Å². The van der Waals surface area contributed by atoms with Crippen LogP contribution in [0.15, 0.2) is 24.3 Å². The number of ether oxygens (including phenoxy) is 1. The lowest BCUT2D eigenvalue weighted by molar-refractivity contribution is -0.121. The number of rotatable bonds is 4. The van der Waals surface area contributed by atoms with Crippen LogP contribution in [0.3, 0.4) is 0 Å². The van der Waals surface area contributed by atoms with E-state index in [1.54, 1.807) is 0 Å². The first kappa shape index (κ1) is 14.1. The Labute approximate surface area is 116 Å². The molecule has 2 nitrogen and oxygen atoms in total. The number of benzene rings is 1. The Morgan fingerprint density at radius 3 is 2.74 bits per heavy atom. The highest BCUT2D eigenvalue weighted by molar-refractivity contribution is 5.82. The number of hydrogen-bond donors (Lipinski definition) is 0. The zero-order chi connectivity index (χ0) is 13.9. The normalized spacial score (nSPS) is 19.7. The molecule has 1 aliphatic rings. The van der Waals surface area contributed by atoms with Crippen LogP contribution >= 0.6 is 0 Å². The molecule has 0 radical (unpaired) electrons. The topological polar surface area (TPSA) is 26.3 Å². The Hall–Kier alpha value is -1.31. The quantitative estimate of drug-likeness (QED) is 0.814. The van der Waals surface area contributed by atoms with Crippen molar-refractivity contribution >= 4 is 5.78 Å². The van der Waals surface area contributed by atoms with Crippen molar-refractivity contribution in [2.45, 2.75) is 51.9 Å². The van der Waals surface area contributed by atoms with E-state index in [0.717, 1.165) is 31.4 Å². The second-order valence-corrected chi connectivity index (χ2v) is 6.47. The summed E-state index contributed by atoms with van der Waals surface area (Å²) in [6, 6.07) is 8.27. The average molecular weight is 260 g/mol. The van der Waals surface area contributed by atoms with Gasteiger partial charge in [0.25, 0.3) is 0 Å². The third kappa shape index (κ3) is 3.82. The summed E-state index contributed by atoms with van der Waals surface area (Å²) in [7, 11) is 0. The van der Waals surface area contributed by atoms with Crippen molar-refractivity contribution in [1.82, 2.24) is 0 Å². The van der Waals surface area contributed by atoms with E-state index in [1.807, 2.05) is 12.1 Å². The molecule has 2 heteroatoms.